The maximum absolute atomic E-state index is 11.2. The molecule has 0 fully saturated rings. The number of hydrogen-bond acceptors (Lipinski definition) is 7. The van der Waals surface area contributed by atoms with E-state index in [2.05, 4.69) is 26.4 Å². The molecular formula is C10H21F3O4S16. The first-order chi connectivity index (χ1) is 15.5. The summed E-state index contributed by atoms with van der Waals surface area (Å²) in [5.41, 5.74) is 0. The fourth-order valence-electron chi connectivity index (χ4n) is 0.125. The first-order valence-electron chi connectivity index (χ1n) is 6.83. The third-order valence-corrected chi connectivity index (χ3v) is 28.1. The molecule has 0 saturated carbocycles. The van der Waals surface area contributed by atoms with Gasteiger partial charge in [-0.1, -0.05) is 0 Å². The molecule has 0 spiro atoms. The van der Waals surface area contributed by atoms with Gasteiger partial charge in [0.1, 0.15) is 0 Å². The highest BCUT2D eigenvalue weighted by atomic mass is 33.5. The Morgan fingerprint density at radius 1 is 0.697 bits per heavy atom. The van der Waals surface area contributed by atoms with Gasteiger partial charge in [-0.15, -0.1) is 0 Å². The van der Waals surface area contributed by atoms with Crippen LogP contribution in [0.3, 0.4) is 0 Å². The van der Waals surface area contributed by atoms with E-state index >= 15 is 0 Å². The second kappa shape index (κ2) is 41.5. The minimum Gasteiger partial charge on any atom is -0.491 e. The molecule has 0 rings (SSSR count). The van der Waals surface area contributed by atoms with E-state index in [4.69, 9.17) is 22.4 Å². The molecule has 23 heteroatoms. The van der Waals surface area contributed by atoms with Crippen LogP contribution in [-0.2, 0) is 157 Å². The Labute approximate surface area is 245 Å². The average Bonchev–Trinajstić information content (AvgIpc) is 2.79. The average molecular weight is 775 g/mol. The van der Waals surface area contributed by atoms with Crippen molar-refractivity contribution in [2.45, 2.75) is 26.9 Å². The molecule has 0 aliphatic rings. The van der Waals surface area contributed by atoms with Crippen LogP contribution in [0.15, 0.2) is 0 Å². The van der Waals surface area contributed by atoms with Crippen molar-refractivity contribution in [3.05, 3.63) is 0 Å². The van der Waals surface area contributed by atoms with Gasteiger partial charge < -0.3 is 14.2 Å². The lowest BCUT2D eigenvalue weighted by Gasteiger charge is -2.03. The van der Waals surface area contributed by atoms with E-state index in [1.165, 1.54) is 31.8 Å². The first-order valence-corrected chi connectivity index (χ1v) is 25.9. The molecule has 202 valence electrons. The third-order valence-electron chi connectivity index (χ3n) is 1.27. The molecule has 0 aromatic heterocycles. The van der Waals surface area contributed by atoms with E-state index < -0.39 is 6.11 Å². The van der Waals surface area contributed by atoms with Crippen LogP contribution in [0, 0.1) is 0 Å². The van der Waals surface area contributed by atoms with Gasteiger partial charge in [-0.25, -0.2) is 0 Å². The van der Waals surface area contributed by atoms with Gasteiger partial charge in [0.2, 0.25) is 0 Å². The van der Waals surface area contributed by atoms with Crippen molar-refractivity contribution in [3.63, 3.8) is 0 Å². The number of carbonyl (C=O) groups excluding carboxylic acids is 1. The molecule has 0 aromatic carbocycles. The predicted octanol–water partition coefficient (Wildman–Crippen LogP) is 2.95. The molecule has 0 amide bonds. The zero-order valence-electron chi connectivity index (χ0n) is 17.8. The molecule has 0 bridgehead atoms. The minimum absolute atomic E-state index is 0.245. The van der Waals surface area contributed by atoms with E-state index in [0.717, 1.165) is 7.11 Å². The number of hydrogen-bond donors (Lipinski definition) is 0. The van der Waals surface area contributed by atoms with Crippen molar-refractivity contribution in [1.82, 2.24) is 0 Å². The molecule has 0 saturated heterocycles. The van der Waals surface area contributed by atoms with Gasteiger partial charge in [-0.2, -0.15) is 8.78 Å². The normalized spacial score (nSPS) is 7.70. The summed E-state index contributed by atoms with van der Waals surface area (Å²) in [7, 11) is 26.1. The Bertz CT molecular complexity index is 980. The van der Waals surface area contributed by atoms with Gasteiger partial charge in [0.25, 0.3) is 0 Å². The van der Waals surface area contributed by atoms with Crippen LogP contribution in [0.25, 0.3) is 0 Å². The Morgan fingerprint density at radius 3 is 0.970 bits per heavy atom. The third kappa shape index (κ3) is 78.9. The maximum Gasteiger partial charge on any atom is 0.352 e. The fraction of sp³-hybridized carbons (Fsp3) is 0.800. The maximum atomic E-state index is 11.2. The molecule has 0 aliphatic carbocycles. The molecule has 0 N–H and O–H groups in total. The van der Waals surface area contributed by atoms with Crippen LogP contribution in [0.1, 0.15) is 20.8 Å². The molecule has 0 unspecified atom stereocenters. The van der Waals surface area contributed by atoms with Crippen LogP contribution < -0.4 is 0 Å². The Morgan fingerprint density at radius 2 is 0.879 bits per heavy atom. The summed E-state index contributed by atoms with van der Waals surface area (Å²) < 4.78 is 44.2. The Hall–Kier alpha value is 2.41. The highest BCUT2D eigenvalue weighted by Crippen LogP contribution is 2.09. The van der Waals surface area contributed by atoms with E-state index in [1.807, 2.05) is 0 Å². The number of alkyl halides is 3. The van der Waals surface area contributed by atoms with Crippen molar-refractivity contribution >= 4 is 161 Å². The minimum atomic E-state index is -2.96. The molecule has 0 atom stereocenters. The van der Waals surface area contributed by atoms with Gasteiger partial charge in [-0.05, 0) is 12.2 Å². The monoisotopic (exact) mass is 774 g/mol. The summed E-state index contributed by atoms with van der Waals surface area (Å²) in [5.74, 6) is -0.245. The number of halogens is 3. The van der Waals surface area contributed by atoms with Gasteiger partial charge >= 0.3 is 12.1 Å². The largest absolute Gasteiger partial charge is 0.491 e. The fourth-order valence-corrected chi connectivity index (χ4v) is 30.3. The van der Waals surface area contributed by atoms with Gasteiger partial charge in [0.15, 0.2) is 5.05 Å². The van der Waals surface area contributed by atoms with Crippen molar-refractivity contribution in [2.75, 3.05) is 28.5 Å². The number of thiocarbonyl (C=S) groups is 1. The molecule has 0 heterocycles. The molecule has 0 radical (unpaired) electrons. The van der Waals surface area contributed by atoms with Gasteiger partial charge in [0.05, 0.1) is 21.4 Å². The smallest absolute Gasteiger partial charge is 0.352 e. The lowest BCUT2D eigenvalue weighted by molar-refractivity contribution is -0.205. The summed E-state index contributed by atoms with van der Waals surface area (Å²) in [6.45, 7) is 3.78. The van der Waals surface area contributed by atoms with Crippen LogP contribution in [0.5, 0.6) is 0 Å². The summed E-state index contributed by atoms with van der Waals surface area (Å²) in [5, 5.41) is 0.588. The van der Waals surface area contributed by atoms with Crippen molar-refractivity contribution in [2.24, 2.45) is 0 Å². The lowest BCUT2D eigenvalue weighted by Crippen LogP contribution is -2.10. The van der Waals surface area contributed by atoms with Gasteiger partial charge in [-0.3, -0.25) is 9.18 Å². The van der Waals surface area contributed by atoms with Crippen molar-refractivity contribution in [3.8, 4) is 0 Å². The molecule has 33 heavy (non-hydrogen) atoms. The lowest BCUT2D eigenvalue weighted by atomic mass is 10.8. The topological polar surface area (TPSA) is 44.8 Å². The van der Waals surface area contributed by atoms with Crippen LogP contribution in [0.2, 0.25) is 0 Å². The summed E-state index contributed by atoms with van der Waals surface area (Å²) in [6, 6.07) is 0. The molecular weight excluding hydrogens is 754 g/mol. The van der Waals surface area contributed by atoms with E-state index in [1.54, 1.807) is 112 Å². The number of esters is 1. The van der Waals surface area contributed by atoms with Gasteiger partial charge in [0, 0.05) is 166 Å². The van der Waals surface area contributed by atoms with E-state index in [-0.39, 0.29) is 5.97 Å². The van der Waals surface area contributed by atoms with Crippen LogP contribution in [0.4, 0.5) is 13.2 Å². The van der Waals surface area contributed by atoms with Crippen molar-refractivity contribution < 1.29 is 32.2 Å². The second-order valence-corrected chi connectivity index (χ2v) is 26.9. The highest BCUT2D eigenvalue weighted by Gasteiger charge is 2.17. The zero-order valence-corrected chi connectivity index (χ0v) is 30.9. The summed E-state index contributed by atoms with van der Waals surface area (Å²) >= 11 is 13.9. The summed E-state index contributed by atoms with van der Waals surface area (Å²) in [4.78, 5) is 9.59. The van der Waals surface area contributed by atoms with Crippen LogP contribution in [-0.4, -0.2) is 45.6 Å². The second-order valence-electron chi connectivity index (χ2n) is 3.29. The van der Waals surface area contributed by atoms with E-state index in [9.17, 15) is 18.0 Å². The number of methoxy groups -OCH3 is 3. The highest BCUT2D eigenvalue weighted by molar-refractivity contribution is 8.76. The number of rotatable bonds is 1. The SMILES string of the molecule is CF.COC(C)(F)F.COC(C)=O.COC(C)=S.S=S=S=S=S=S=S=S=S=S=S=S=S=S=S. The van der Waals surface area contributed by atoms with E-state index in [0.29, 0.717) is 19.2 Å². The standard InChI is InChI=1S/C3H6F2O.C3H6O2.C3H6OS.CH3F.S15/c1-3(4,5)6-2;1-3(4)5-2;1-3(5)4-2;1-2;1-3-5-7-9-11-13-15-14-12-10-8-6-4-2/h1-2H3;2*1-2H3;1H3;. The zero-order chi connectivity index (χ0) is 27.0. The predicted molar refractivity (Wildman–Crippen MR) is 178 cm³/mol. The molecule has 0 aliphatic heterocycles. The first kappa shape index (κ1) is 45.3. The number of carbonyl (C=O) groups is 1. The van der Waals surface area contributed by atoms with Crippen molar-refractivity contribution in [1.29, 1.82) is 0 Å². The number of ether oxygens (including phenoxy) is 3. The Kier molecular flexibility index (Phi) is 57.1. The summed E-state index contributed by atoms with van der Waals surface area (Å²) in [6.07, 6.45) is -2.96. The van der Waals surface area contributed by atoms with Crippen LogP contribution >= 0.6 is 12.2 Å². The molecule has 4 nitrogen and oxygen atoms in total. The molecule has 0 aromatic rings. The Balaban J connectivity index is -0.000000120. The quantitative estimate of drug-likeness (QED) is 0.300.